The van der Waals surface area contributed by atoms with Crippen LogP contribution >= 0.6 is 0 Å². The van der Waals surface area contributed by atoms with Crippen molar-refractivity contribution in [2.45, 2.75) is 75.4 Å². The van der Waals surface area contributed by atoms with Crippen molar-refractivity contribution in [3.63, 3.8) is 0 Å². The first kappa shape index (κ1) is 38.7. The van der Waals surface area contributed by atoms with Gasteiger partial charge in [-0.3, -0.25) is 4.79 Å². The van der Waals surface area contributed by atoms with Crippen LogP contribution in [-0.2, 0) is 31.8 Å². The van der Waals surface area contributed by atoms with Crippen LogP contribution in [0, 0.1) is 24.6 Å². The van der Waals surface area contributed by atoms with Crippen molar-refractivity contribution in [1.29, 1.82) is 0 Å². The molecule has 0 N–H and O–H groups in total. The van der Waals surface area contributed by atoms with Gasteiger partial charge in [-0.1, -0.05) is 19.8 Å². The average Bonchev–Trinajstić information content (AvgIpc) is 3.75. The summed E-state index contributed by atoms with van der Waals surface area (Å²) in [7, 11) is -4.42. The number of halogens is 7. The summed E-state index contributed by atoms with van der Waals surface area (Å²) in [5.41, 5.74) is -2.68. The van der Waals surface area contributed by atoms with Crippen LogP contribution in [-0.4, -0.2) is 55.6 Å². The van der Waals surface area contributed by atoms with Crippen molar-refractivity contribution in [3.05, 3.63) is 58.7 Å². The number of benzene rings is 1. The van der Waals surface area contributed by atoms with Gasteiger partial charge >= 0.3 is 12.4 Å². The van der Waals surface area contributed by atoms with Crippen LogP contribution in [0.4, 0.5) is 30.7 Å². The van der Waals surface area contributed by atoms with Crippen LogP contribution in [0.5, 0.6) is 0 Å². The molecule has 2 heterocycles. The average molecular weight is 657 g/mol. The van der Waals surface area contributed by atoms with Crippen LogP contribution in [0.3, 0.4) is 0 Å². The van der Waals surface area contributed by atoms with Crippen LogP contribution in [0.25, 0.3) is 0 Å². The number of piperidine rings is 1. The SMILES string of the molecule is C=O.C=O.CC1CC1.Cc1nc(C(F)(F)F)ccc1C(=O)N1CCC(C(C)(C)S(=O)(=O)c2cc(F)cc(C(F)(F)F)c2)CC1. The first-order valence-electron chi connectivity index (χ1n) is 13.3. The van der Waals surface area contributed by atoms with E-state index in [1.807, 2.05) is 13.6 Å². The number of carbonyl (C=O) groups is 3. The second kappa shape index (κ2) is 15.1. The summed E-state index contributed by atoms with van der Waals surface area (Å²) in [6.45, 7) is 10.4. The third-order valence-corrected chi connectivity index (χ3v) is 10.0. The highest BCUT2D eigenvalue weighted by molar-refractivity contribution is 7.92. The normalized spacial score (nSPS) is 15.9. The van der Waals surface area contributed by atoms with Gasteiger partial charge in [-0.2, -0.15) is 26.3 Å². The summed E-state index contributed by atoms with van der Waals surface area (Å²) >= 11 is 0. The highest BCUT2D eigenvalue weighted by Crippen LogP contribution is 2.40. The second-order valence-corrected chi connectivity index (χ2v) is 13.4. The van der Waals surface area contributed by atoms with Crippen LogP contribution in [0.1, 0.15) is 73.8 Å². The number of aryl methyl sites for hydroxylation is 1. The maximum absolute atomic E-state index is 13.9. The van der Waals surface area contributed by atoms with E-state index in [1.165, 1.54) is 38.5 Å². The molecule has 0 radical (unpaired) electrons. The molecule has 2 aromatic rings. The molecule has 1 saturated carbocycles. The largest absolute Gasteiger partial charge is 0.433 e. The number of nitrogens with zero attached hydrogens (tertiary/aromatic N) is 2. The van der Waals surface area contributed by atoms with Gasteiger partial charge in [0.1, 0.15) is 25.1 Å². The molecule has 1 aliphatic heterocycles. The van der Waals surface area contributed by atoms with Gasteiger partial charge in [-0.15, -0.1) is 0 Å². The van der Waals surface area contributed by atoms with E-state index >= 15 is 0 Å². The number of aromatic nitrogens is 1. The molecular formula is C29H35F7N2O5S. The van der Waals surface area contributed by atoms with Crippen LogP contribution in [0.2, 0.25) is 0 Å². The van der Waals surface area contributed by atoms with Gasteiger partial charge in [-0.05, 0) is 75.8 Å². The molecule has 0 atom stereocenters. The predicted octanol–water partition coefficient (Wildman–Crippen LogP) is 6.72. The van der Waals surface area contributed by atoms with Gasteiger partial charge in [-0.25, -0.2) is 17.8 Å². The zero-order chi connectivity index (χ0) is 34.3. The molecule has 0 bridgehead atoms. The highest BCUT2D eigenvalue weighted by Gasteiger charge is 2.45. The Kier molecular flexibility index (Phi) is 13.3. The van der Waals surface area contributed by atoms with E-state index in [0.29, 0.717) is 18.2 Å². The summed E-state index contributed by atoms with van der Waals surface area (Å²) in [6.07, 6.45) is -6.31. The predicted molar refractivity (Wildman–Crippen MR) is 148 cm³/mol. The Morgan fingerprint density at radius 3 is 1.80 bits per heavy atom. The molecule has 1 aromatic carbocycles. The molecule has 44 heavy (non-hydrogen) atoms. The van der Waals surface area contributed by atoms with E-state index in [1.54, 1.807) is 0 Å². The molecule has 1 aliphatic carbocycles. The van der Waals surface area contributed by atoms with Gasteiger partial charge in [0.15, 0.2) is 9.84 Å². The first-order chi connectivity index (χ1) is 20.2. The number of carbonyl (C=O) groups excluding carboxylic acids is 3. The topological polar surface area (TPSA) is 101 Å². The first-order valence-corrected chi connectivity index (χ1v) is 14.8. The minimum Gasteiger partial charge on any atom is -0.339 e. The third kappa shape index (κ3) is 9.57. The summed E-state index contributed by atoms with van der Waals surface area (Å²) in [5, 5.41) is 0. The Hall–Kier alpha value is -3.36. The second-order valence-electron chi connectivity index (χ2n) is 10.9. The standard InChI is InChI=1S/C23H23F7N2O3S.C4H8.2CH2O/c1-13-18(4-5-19(31-13)23(28,29)30)20(33)32-8-6-14(7-9-32)21(2,3)36(34,35)17-11-15(22(25,26)27)10-16(24)12-17;1-4-2-3-4;2*1-2/h4-5,10-12,14H,6-9H2,1-3H3;4H,2-3H2,1H3;2*1H2. The van der Waals surface area contributed by atoms with Gasteiger partial charge in [0.25, 0.3) is 5.91 Å². The Morgan fingerprint density at radius 1 is 0.886 bits per heavy atom. The Morgan fingerprint density at radius 2 is 1.39 bits per heavy atom. The monoisotopic (exact) mass is 656 g/mol. The number of hydrogen-bond donors (Lipinski definition) is 0. The molecule has 1 amide bonds. The molecule has 0 unspecified atom stereocenters. The lowest BCUT2D eigenvalue weighted by Gasteiger charge is -2.40. The van der Waals surface area contributed by atoms with Gasteiger partial charge in [0, 0.05) is 13.1 Å². The fourth-order valence-corrected chi connectivity index (χ4v) is 6.30. The highest BCUT2D eigenvalue weighted by atomic mass is 32.2. The number of pyridine rings is 1. The van der Waals surface area contributed by atoms with Crippen LogP contribution in [0.15, 0.2) is 35.2 Å². The quantitative estimate of drug-likeness (QED) is 0.339. The number of hydrogen-bond acceptors (Lipinski definition) is 6. The lowest BCUT2D eigenvalue weighted by molar-refractivity contribution is -0.141. The minimum absolute atomic E-state index is 0.0206. The molecule has 246 valence electrons. The Bertz CT molecular complexity index is 1380. The molecule has 2 aliphatic rings. The molecule has 15 heteroatoms. The molecule has 1 aromatic heterocycles. The van der Waals surface area contributed by atoms with E-state index in [2.05, 4.69) is 11.9 Å². The number of sulfone groups is 1. The lowest BCUT2D eigenvalue weighted by atomic mass is 9.85. The number of alkyl halides is 6. The third-order valence-electron chi connectivity index (χ3n) is 7.44. The lowest BCUT2D eigenvalue weighted by Crippen LogP contribution is -2.47. The number of rotatable bonds is 4. The van der Waals surface area contributed by atoms with Crippen molar-refractivity contribution in [3.8, 4) is 0 Å². The van der Waals surface area contributed by atoms with Gasteiger partial charge in [0.05, 0.1) is 26.5 Å². The molecule has 0 spiro atoms. The van der Waals surface area contributed by atoms with E-state index in [0.717, 1.165) is 12.0 Å². The number of likely N-dealkylation sites (tertiary alicyclic amines) is 1. The van der Waals surface area contributed by atoms with Crippen molar-refractivity contribution in [2.24, 2.45) is 11.8 Å². The van der Waals surface area contributed by atoms with Crippen molar-refractivity contribution >= 4 is 29.3 Å². The molecular weight excluding hydrogens is 621 g/mol. The zero-order valence-electron chi connectivity index (χ0n) is 24.7. The maximum Gasteiger partial charge on any atom is 0.433 e. The molecule has 7 nitrogen and oxygen atoms in total. The summed E-state index contributed by atoms with van der Waals surface area (Å²) in [6, 6.07) is 2.91. The Balaban J connectivity index is 0.00000108. The fourth-order valence-electron chi connectivity index (χ4n) is 4.46. The minimum atomic E-state index is -4.94. The van der Waals surface area contributed by atoms with Gasteiger partial charge < -0.3 is 14.5 Å². The van der Waals surface area contributed by atoms with E-state index in [9.17, 15) is 43.9 Å². The Labute approximate surface area is 251 Å². The summed E-state index contributed by atoms with van der Waals surface area (Å²) in [4.78, 5) is 32.9. The van der Waals surface area contributed by atoms with E-state index in [4.69, 9.17) is 9.59 Å². The van der Waals surface area contributed by atoms with Crippen molar-refractivity contribution in [2.75, 3.05) is 13.1 Å². The molecule has 4 rings (SSSR count). The van der Waals surface area contributed by atoms with E-state index < -0.39 is 60.7 Å². The fraction of sp³-hybridized carbons (Fsp3) is 0.517. The summed E-state index contributed by atoms with van der Waals surface area (Å²) in [5.74, 6) is -1.40. The number of amides is 1. The molecule has 1 saturated heterocycles. The maximum atomic E-state index is 13.9. The van der Waals surface area contributed by atoms with Crippen LogP contribution < -0.4 is 0 Å². The van der Waals surface area contributed by atoms with E-state index in [-0.39, 0.29) is 43.3 Å². The van der Waals surface area contributed by atoms with Crippen molar-refractivity contribution < 1.29 is 53.5 Å². The summed E-state index contributed by atoms with van der Waals surface area (Å²) < 4.78 is 117. The smallest absolute Gasteiger partial charge is 0.339 e. The van der Waals surface area contributed by atoms with Crippen molar-refractivity contribution in [1.82, 2.24) is 9.88 Å². The zero-order valence-corrected chi connectivity index (χ0v) is 25.5. The van der Waals surface area contributed by atoms with Gasteiger partial charge in [0.2, 0.25) is 0 Å². The molecule has 2 fully saturated rings.